The molecule has 0 heterocycles. The van der Waals surface area contributed by atoms with Crippen LogP contribution in [0.15, 0.2) is 103 Å². The maximum absolute atomic E-state index is 6.86. The van der Waals surface area contributed by atoms with E-state index in [-0.39, 0.29) is 17.9 Å². The summed E-state index contributed by atoms with van der Waals surface area (Å²) in [5, 5.41) is 0. The van der Waals surface area contributed by atoms with Crippen LogP contribution in [-0.4, -0.2) is 6.04 Å². The SMILES string of the molecule is N[C@H]1[C@@H](c2ccccc2)[C@@H](c2ccccc2)C=C[C@H]1c1ccccc1. The second-order valence-corrected chi connectivity index (χ2v) is 6.77. The summed E-state index contributed by atoms with van der Waals surface area (Å²) in [5.74, 6) is 0.809. The summed E-state index contributed by atoms with van der Waals surface area (Å²) < 4.78 is 0. The van der Waals surface area contributed by atoms with Crippen molar-refractivity contribution in [2.24, 2.45) is 5.73 Å². The lowest BCUT2D eigenvalue weighted by atomic mass is 9.68. The van der Waals surface area contributed by atoms with Crippen molar-refractivity contribution in [3.8, 4) is 0 Å². The van der Waals surface area contributed by atoms with Crippen LogP contribution < -0.4 is 5.73 Å². The van der Waals surface area contributed by atoms with Gasteiger partial charge in [0.15, 0.2) is 0 Å². The van der Waals surface area contributed by atoms with Crippen LogP contribution in [0.3, 0.4) is 0 Å². The molecule has 0 saturated carbocycles. The van der Waals surface area contributed by atoms with E-state index in [0.29, 0.717) is 5.92 Å². The van der Waals surface area contributed by atoms with E-state index in [1.807, 2.05) is 0 Å². The molecule has 0 spiro atoms. The van der Waals surface area contributed by atoms with Crippen molar-refractivity contribution in [2.75, 3.05) is 0 Å². The molecule has 4 atom stereocenters. The van der Waals surface area contributed by atoms with Gasteiger partial charge in [-0.05, 0) is 16.7 Å². The van der Waals surface area contributed by atoms with E-state index in [1.165, 1.54) is 16.7 Å². The van der Waals surface area contributed by atoms with E-state index in [0.717, 1.165) is 0 Å². The highest BCUT2D eigenvalue weighted by Crippen LogP contribution is 2.44. The van der Waals surface area contributed by atoms with Crippen LogP contribution in [-0.2, 0) is 0 Å². The maximum Gasteiger partial charge on any atom is 0.0221 e. The smallest absolute Gasteiger partial charge is 0.0221 e. The first-order valence-corrected chi connectivity index (χ1v) is 8.93. The van der Waals surface area contributed by atoms with Gasteiger partial charge in [-0.2, -0.15) is 0 Å². The molecule has 0 fully saturated rings. The highest BCUT2D eigenvalue weighted by atomic mass is 14.7. The Balaban J connectivity index is 1.79. The zero-order chi connectivity index (χ0) is 17.1. The third-order valence-corrected chi connectivity index (χ3v) is 5.30. The Labute approximate surface area is 149 Å². The molecule has 1 heteroatoms. The Bertz CT molecular complexity index is 824. The molecule has 3 aromatic rings. The highest BCUT2D eigenvalue weighted by molar-refractivity contribution is 5.40. The fourth-order valence-electron chi connectivity index (χ4n) is 4.06. The Morgan fingerprint density at radius 2 is 0.880 bits per heavy atom. The average molecular weight is 325 g/mol. The maximum atomic E-state index is 6.86. The molecule has 1 nitrogen and oxygen atoms in total. The number of rotatable bonds is 3. The minimum Gasteiger partial charge on any atom is -0.326 e. The second kappa shape index (κ2) is 7.08. The first kappa shape index (κ1) is 15.9. The summed E-state index contributed by atoms with van der Waals surface area (Å²) in [5.41, 5.74) is 10.8. The fourth-order valence-corrected chi connectivity index (χ4v) is 4.06. The van der Waals surface area contributed by atoms with E-state index >= 15 is 0 Å². The molecule has 0 saturated heterocycles. The van der Waals surface area contributed by atoms with Gasteiger partial charge in [0.1, 0.15) is 0 Å². The molecule has 2 N–H and O–H groups in total. The molecular formula is C24H23N. The number of benzene rings is 3. The molecule has 0 amide bonds. The molecule has 4 rings (SSSR count). The highest BCUT2D eigenvalue weighted by Gasteiger charge is 2.36. The van der Waals surface area contributed by atoms with Gasteiger partial charge in [0.05, 0.1) is 0 Å². The summed E-state index contributed by atoms with van der Waals surface area (Å²) in [4.78, 5) is 0. The second-order valence-electron chi connectivity index (χ2n) is 6.77. The average Bonchev–Trinajstić information content (AvgIpc) is 2.70. The third-order valence-electron chi connectivity index (χ3n) is 5.30. The van der Waals surface area contributed by atoms with Crippen LogP contribution in [0, 0.1) is 0 Å². The molecule has 3 aromatic carbocycles. The minimum atomic E-state index is 0.0417. The van der Waals surface area contributed by atoms with Crippen molar-refractivity contribution in [2.45, 2.75) is 23.8 Å². The lowest BCUT2D eigenvalue weighted by molar-refractivity contribution is 0.439. The molecule has 0 aliphatic heterocycles. The molecule has 1 aliphatic rings. The van der Waals surface area contributed by atoms with Crippen LogP contribution in [0.4, 0.5) is 0 Å². The van der Waals surface area contributed by atoms with Crippen molar-refractivity contribution >= 4 is 0 Å². The number of hydrogen-bond donors (Lipinski definition) is 1. The number of hydrogen-bond acceptors (Lipinski definition) is 1. The van der Waals surface area contributed by atoms with Crippen molar-refractivity contribution < 1.29 is 0 Å². The van der Waals surface area contributed by atoms with E-state index in [2.05, 4.69) is 103 Å². The summed E-state index contributed by atoms with van der Waals surface area (Å²) in [6.45, 7) is 0. The number of nitrogens with two attached hydrogens (primary N) is 1. The predicted octanol–water partition coefficient (Wildman–Crippen LogP) is 5.23. The molecule has 0 aromatic heterocycles. The number of allylic oxidation sites excluding steroid dienone is 1. The summed E-state index contributed by atoms with van der Waals surface area (Å²) in [6, 6.07) is 32.1. The first-order valence-electron chi connectivity index (χ1n) is 8.93. The van der Waals surface area contributed by atoms with Crippen LogP contribution in [0.5, 0.6) is 0 Å². The monoisotopic (exact) mass is 325 g/mol. The van der Waals surface area contributed by atoms with Gasteiger partial charge in [-0.1, -0.05) is 103 Å². The van der Waals surface area contributed by atoms with E-state index in [4.69, 9.17) is 5.73 Å². The van der Waals surface area contributed by atoms with Gasteiger partial charge in [-0.3, -0.25) is 0 Å². The standard InChI is InChI=1S/C24H23N/c25-24-22(19-12-6-2-7-13-19)17-16-21(18-10-4-1-5-11-18)23(24)20-14-8-3-9-15-20/h1-17,21-24H,25H2/t21-,22+,23+,24-/m1/s1. The molecule has 1 aliphatic carbocycles. The topological polar surface area (TPSA) is 26.0 Å². The molecule has 0 unspecified atom stereocenters. The molecule has 124 valence electrons. The van der Waals surface area contributed by atoms with Crippen LogP contribution in [0.1, 0.15) is 34.4 Å². The fraction of sp³-hybridized carbons (Fsp3) is 0.167. The van der Waals surface area contributed by atoms with Crippen LogP contribution in [0.25, 0.3) is 0 Å². The Hall–Kier alpha value is -2.64. The van der Waals surface area contributed by atoms with Gasteiger partial charge in [0.2, 0.25) is 0 Å². The summed E-state index contributed by atoms with van der Waals surface area (Å²) in [6.07, 6.45) is 4.66. The normalized spacial score (nSPS) is 25.6. The quantitative estimate of drug-likeness (QED) is 0.655. The summed E-state index contributed by atoms with van der Waals surface area (Å²) >= 11 is 0. The van der Waals surface area contributed by atoms with Gasteiger partial charge in [0, 0.05) is 23.8 Å². The summed E-state index contributed by atoms with van der Waals surface area (Å²) in [7, 11) is 0. The van der Waals surface area contributed by atoms with Gasteiger partial charge in [-0.15, -0.1) is 0 Å². The lowest BCUT2D eigenvalue weighted by Gasteiger charge is -2.38. The Kier molecular flexibility index (Phi) is 4.49. The Morgan fingerprint density at radius 3 is 1.40 bits per heavy atom. The van der Waals surface area contributed by atoms with Crippen molar-refractivity contribution in [3.63, 3.8) is 0 Å². The molecular weight excluding hydrogens is 302 g/mol. The molecule has 25 heavy (non-hydrogen) atoms. The molecule has 0 radical (unpaired) electrons. The Morgan fingerprint density at radius 1 is 0.480 bits per heavy atom. The predicted molar refractivity (Wildman–Crippen MR) is 105 cm³/mol. The van der Waals surface area contributed by atoms with Gasteiger partial charge < -0.3 is 5.73 Å². The third kappa shape index (κ3) is 3.16. The van der Waals surface area contributed by atoms with Crippen LogP contribution in [0.2, 0.25) is 0 Å². The minimum absolute atomic E-state index is 0.0417. The first-order chi connectivity index (χ1) is 12.3. The van der Waals surface area contributed by atoms with Gasteiger partial charge in [0.25, 0.3) is 0 Å². The van der Waals surface area contributed by atoms with E-state index in [1.54, 1.807) is 0 Å². The van der Waals surface area contributed by atoms with Crippen molar-refractivity contribution in [1.82, 2.24) is 0 Å². The zero-order valence-corrected chi connectivity index (χ0v) is 14.2. The van der Waals surface area contributed by atoms with Crippen molar-refractivity contribution in [3.05, 3.63) is 120 Å². The van der Waals surface area contributed by atoms with E-state index < -0.39 is 0 Å². The van der Waals surface area contributed by atoms with E-state index in [9.17, 15) is 0 Å². The van der Waals surface area contributed by atoms with Gasteiger partial charge in [-0.25, -0.2) is 0 Å². The largest absolute Gasteiger partial charge is 0.326 e. The lowest BCUT2D eigenvalue weighted by Crippen LogP contribution is -2.39. The van der Waals surface area contributed by atoms with Crippen molar-refractivity contribution in [1.29, 1.82) is 0 Å². The van der Waals surface area contributed by atoms with Gasteiger partial charge >= 0.3 is 0 Å². The van der Waals surface area contributed by atoms with Crippen LogP contribution >= 0.6 is 0 Å². The zero-order valence-electron chi connectivity index (χ0n) is 14.2. The molecule has 0 bridgehead atoms.